The number of ether oxygens (including phenoxy) is 1. The molecule has 1 saturated carbocycles. The highest BCUT2D eigenvalue weighted by atomic mass is 16.5. The number of nitrogens with zero attached hydrogens (tertiary/aromatic N) is 1. The second kappa shape index (κ2) is 6.20. The Hall–Kier alpha value is -0.650. The first kappa shape index (κ1) is 14.8. The van der Waals surface area contributed by atoms with Gasteiger partial charge in [-0.25, -0.2) is 0 Å². The Labute approximate surface area is 115 Å². The molecule has 0 aromatic carbocycles. The van der Waals surface area contributed by atoms with Crippen molar-refractivity contribution < 1.29 is 14.6 Å². The van der Waals surface area contributed by atoms with Crippen LogP contribution in [0.15, 0.2) is 0 Å². The Balaban J connectivity index is 2.07. The van der Waals surface area contributed by atoms with Gasteiger partial charge in [-0.05, 0) is 38.6 Å². The summed E-state index contributed by atoms with van der Waals surface area (Å²) in [5, 5.41) is 13.0. The van der Waals surface area contributed by atoms with Crippen molar-refractivity contribution in [2.75, 3.05) is 32.8 Å². The van der Waals surface area contributed by atoms with Gasteiger partial charge in [-0.3, -0.25) is 9.69 Å². The van der Waals surface area contributed by atoms with Gasteiger partial charge in [-0.1, -0.05) is 6.92 Å². The topological polar surface area (TPSA) is 61.8 Å². The molecule has 0 spiro atoms. The normalized spacial score (nSPS) is 28.6. The van der Waals surface area contributed by atoms with Crippen LogP contribution in [0.2, 0.25) is 0 Å². The number of carboxylic acids is 1. The van der Waals surface area contributed by atoms with Crippen LogP contribution in [0.5, 0.6) is 0 Å². The van der Waals surface area contributed by atoms with E-state index in [4.69, 9.17) is 4.74 Å². The van der Waals surface area contributed by atoms with Crippen LogP contribution in [0.4, 0.5) is 0 Å². The average molecular weight is 270 g/mol. The van der Waals surface area contributed by atoms with Gasteiger partial charge in [0.1, 0.15) is 5.54 Å². The van der Waals surface area contributed by atoms with Crippen molar-refractivity contribution in [2.45, 2.75) is 44.8 Å². The molecule has 110 valence electrons. The van der Waals surface area contributed by atoms with Crippen LogP contribution in [-0.2, 0) is 9.53 Å². The summed E-state index contributed by atoms with van der Waals surface area (Å²) < 4.78 is 5.63. The van der Waals surface area contributed by atoms with Crippen molar-refractivity contribution in [1.82, 2.24) is 10.2 Å². The number of rotatable bonds is 6. The monoisotopic (exact) mass is 270 g/mol. The minimum atomic E-state index is -0.765. The number of carboxylic acid groups (broad SMARTS) is 1. The van der Waals surface area contributed by atoms with E-state index in [-0.39, 0.29) is 12.0 Å². The molecule has 0 amide bonds. The number of hydrogen-bond donors (Lipinski definition) is 2. The summed E-state index contributed by atoms with van der Waals surface area (Å²) in [6.45, 7) is 7.86. The molecule has 1 aliphatic heterocycles. The van der Waals surface area contributed by atoms with Crippen molar-refractivity contribution in [3.63, 3.8) is 0 Å². The van der Waals surface area contributed by atoms with Crippen LogP contribution in [0, 0.1) is 5.92 Å². The first-order valence-electron chi connectivity index (χ1n) is 7.41. The Morgan fingerprint density at radius 2 is 2.26 bits per heavy atom. The lowest BCUT2D eigenvalue weighted by molar-refractivity contribution is -0.147. The van der Waals surface area contributed by atoms with Crippen molar-refractivity contribution in [3.8, 4) is 0 Å². The summed E-state index contributed by atoms with van der Waals surface area (Å²) in [6, 6.07) is 0. The standard InChI is InChI=1S/C14H26N2O3/c1-3-15-14(13(17)18,12-5-6-12)10-16-7-4-8-19-11(2)9-16/h11-12,15H,3-10H2,1-2H3,(H,17,18). The minimum absolute atomic E-state index is 0.190. The summed E-state index contributed by atoms with van der Waals surface area (Å²) in [4.78, 5) is 14.1. The lowest BCUT2D eigenvalue weighted by atomic mass is 9.92. The number of nitrogens with one attached hydrogen (secondary N) is 1. The maximum Gasteiger partial charge on any atom is 0.325 e. The Morgan fingerprint density at radius 3 is 2.84 bits per heavy atom. The van der Waals surface area contributed by atoms with Crippen molar-refractivity contribution in [3.05, 3.63) is 0 Å². The Bertz CT molecular complexity index is 320. The molecule has 5 heteroatoms. The second-order valence-electron chi connectivity index (χ2n) is 5.85. The first-order chi connectivity index (χ1) is 9.08. The fourth-order valence-electron chi connectivity index (χ4n) is 3.12. The van der Waals surface area contributed by atoms with Crippen LogP contribution >= 0.6 is 0 Å². The lowest BCUT2D eigenvalue weighted by Gasteiger charge is -2.36. The van der Waals surface area contributed by atoms with E-state index in [1.807, 2.05) is 6.92 Å². The SMILES string of the molecule is CCNC(CN1CCCOC(C)C1)(C(=O)O)C1CC1. The molecule has 0 aromatic heterocycles. The zero-order valence-corrected chi connectivity index (χ0v) is 12.0. The molecule has 2 aliphatic rings. The van der Waals surface area contributed by atoms with Gasteiger partial charge in [-0.15, -0.1) is 0 Å². The summed E-state index contributed by atoms with van der Waals surface area (Å²) in [5.74, 6) is -0.418. The molecule has 2 N–H and O–H groups in total. The highest BCUT2D eigenvalue weighted by Gasteiger charge is 2.51. The fourth-order valence-corrected chi connectivity index (χ4v) is 3.12. The van der Waals surface area contributed by atoms with Crippen LogP contribution < -0.4 is 5.32 Å². The highest BCUT2D eigenvalue weighted by Crippen LogP contribution is 2.40. The Morgan fingerprint density at radius 1 is 1.53 bits per heavy atom. The molecule has 1 aliphatic carbocycles. The molecular formula is C14H26N2O3. The van der Waals surface area contributed by atoms with Crippen LogP contribution in [-0.4, -0.2) is 60.4 Å². The molecule has 1 heterocycles. The van der Waals surface area contributed by atoms with Crippen molar-refractivity contribution in [1.29, 1.82) is 0 Å². The fraction of sp³-hybridized carbons (Fsp3) is 0.929. The Kier molecular flexibility index (Phi) is 4.81. The molecule has 0 aromatic rings. The summed E-state index contributed by atoms with van der Waals surface area (Å²) in [5.41, 5.74) is -0.765. The van der Waals surface area contributed by atoms with Gasteiger partial charge in [0.15, 0.2) is 0 Å². The van der Waals surface area contributed by atoms with Gasteiger partial charge in [0, 0.05) is 26.2 Å². The average Bonchev–Trinajstić information content (AvgIpc) is 3.16. The van der Waals surface area contributed by atoms with Crippen LogP contribution in [0.25, 0.3) is 0 Å². The second-order valence-corrected chi connectivity index (χ2v) is 5.85. The van der Waals surface area contributed by atoms with E-state index in [1.165, 1.54) is 0 Å². The predicted octanol–water partition coefficient (Wildman–Crippen LogP) is 0.940. The first-order valence-corrected chi connectivity index (χ1v) is 7.41. The largest absolute Gasteiger partial charge is 0.480 e. The smallest absolute Gasteiger partial charge is 0.325 e. The zero-order valence-electron chi connectivity index (χ0n) is 12.0. The third-order valence-corrected chi connectivity index (χ3v) is 4.16. The van der Waals surface area contributed by atoms with E-state index >= 15 is 0 Å². The molecule has 19 heavy (non-hydrogen) atoms. The maximum atomic E-state index is 11.8. The van der Waals surface area contributed by atoms with E-state index in [1.54, 1.807) is 0 Å². The molecule has 2 rings (SSSR count). The highest BCUT2D eigenvalue weighted by molar-refractivity contribution is 5.80. The summed E-state index contributed by atoms with van der Waals surface area (Å²) >= 11 is 0. The van der Waals surface area contributed by atoms with Crippen molar-refractivity contribution in [2.24, 2.45) is 5.92 Å². The number of carbonyl (C=O) groups is 1. The third-order valence-electron chi connectivity index (χ3n) is 4.16. The quantitative estimate of drug-likeness (QED) is 0.752. The van der Waals surface area contributed by atoms with Gasteiger partial charge < -0.3 is 15.2 Å². The molecule has 5 nitrogen and oxygen atoms in total. The molecule has 2 fully saturated rings. The number of aliphatic carboxylic acids is 1. The van der Waals surface area contributed by atoms with Gasteiger partial charge in [-0.2, -0.15) is 0 Å². The molecule has 1 saturated heterocycles. The van der Waals surface area contributed by atoms with Gasteiger partial charge >= 0.3 is 5.97 Å². The van der Waals surface area contributed by atoms with E-state index in [0.717, 1.165) is 39.0 Å². The summed E-state index contributed by atoms with van der Waals surface area (Å²) in [7, 11) is 0. The molecule has 2 unspecified atom stereocenters. The molecular weight excluding hydrogens is 244 g/mol. The van der Waals surface area contributed by atoms with Crippen LogP contribution in [0.3, 0.4) is 0 Å². The van der Waals surface area contributed by atoms with Crippen LogP contribution in [0.1, 0.15) is 33.1 Å². The minimum Gasteiger partial charge on any atom is -0.480 e. The third kappa shape index (κ3) is 3.46. The molecule has 0 bridgehead atoms. The van der Waals surface area contributed by atoms with E-state index in [9.17, 15) is 9.90 Å². The van der Waals surface area contributed by atoms with Gasteiger partial charge in [0.2, 0.25) is 0 Å². The van der Waals surface area contributed by atoms with E-state index in [2.05, 4.69) is 17.1 Å². The maximum absolute atomic E-state index is 11.8. The number of hydrogen-bond acceptors (Lipinski definition) is 4. The summed E-state index contributed by atoms with van der Waals surface area (Å²) in [6.07, 6.45) is 3.23. The van der Waals surface area contributed by atoms with E-state index < -0.39 is 11.5 Å². The van der Waals surface area contributed by atoms with Gasteiger partial charge in [0.25, 0.3) is 0 Å². The van der Waals surface area contributed by atoms with Crippen molar-refractivity contribution >= 4 is 5.97 Å². The zero-order chi connectivity index (χ0) is 13.9. The molecule has 0 radical (unpaired) electrons. The van der Waals surface area contributed by atoms with Gasteiger partial charge in [0.05, 0.1) is 6.10 Å². The molecule has 2 atom stereocenters. The number of likely N-dealkylation sites (N-methyl/N-ethyl adjacent to an activating group) is 1. The van der Waals surface area contributed by atoms with E-state index in [0.29, 0.717) is 13.1 Å². The predicted molar refractivity (Wildman–Crippen MR) is 73.2 cm³/mol. The lowest BCUT2D eigenvalue weighted by Crippen LogP contribution is -2.61.